The van der Waals surface area contributed by atoms with E-state index in [1.54, 1.807) is 0 Å². The average Bonchev–Trinajstić information content (AvgIpc) is 3.02. The van der Waals surface area contributed by atoms with E-state index in [-0.39, 0.29) is 0 Å². The van der Waals surface area contributed by atoms with Gasteiger partial charge in [0.05, 0.1) is 0 Å². The van der Waals surface area contributed by atoms with Gasteiger partial charge in [0.1, 0.15) is 0 Å². The van der Waals surface area contributed by atoms with Crippen LogP contribution in [0.1, 0.15) is 136 Å². The summed E-state index contributed by atoms with van der Waals surface area (Å²) in [6, 6.07) is 35.8. The topological polar surface area (TPSA) is 52.0 Å². The summed E-state index contributed by atoms with van der Waals surface area (Å²) in [6.07, 6.45) is 12.6. The normalized spacial score (nSPS) is 13.5. The van der Waals surface area contributed by atoms with Gasteiger partial charge in [0, 0.05) is 29.1 Å². The van der Waals surface area contributed by atoms with E-state index < -0.39 is 0 Å². The van der Waals surface area contributed by atoms with Crippen molar-refractivity contribution in [1.82, 2.24) is 0 Å². The van der Waals surface area contributed by atoms with Crippen LogP contribution in [0, 0.1) is 0 Å². The van der Waals surface area contributed by atoms with Gasteiger partial charge in [0.2, 0.25) is 0 Å². The Balaban J connectivity index is 1.49. The second kappa shape index (κ2) is 16.2. The Bertz CT molecular complexity index is 1200. The molecule has 0 aromatic heterocycles. The molecule has 0 fully saturated rings. The molecule has 0 aliphatic carbocycles. The van der Waals surface area contributed by atoms with Gasteiger partial charge in [-0.1, -0.05) is 145 Å². The summed E-state index contributed by atoms with van der Waals surface area (Å²) in [5.74, 6) is 1.16. The van der Waals surface area contributed by atoms with Crippen LogP contribution in [0.25, 0.3) is 0 Å². The van der Waals surface area contributed by atoms with E-state index in [2.05, 4.69) is 93.6 Å². The number of nitrogens with two attached hydrogens (primary N) is 2. The highest BCUT2D eigenvalue weighted by molar-refractivity contribution is 5.45. The molecule has 0 saturated heterocycles. The van der Waals surface area contributed by atoms with Crippen LogP contribution in [0.2, 0.25) is 0 Å². The van der Waals surface area contributed by atoms with Crippen molar-refractivity contribution in [3.05, 3.63) is 130 Å². The molecule has 4 aromatic carbocycles. The summed E-state index contributed by atoms with van der Waals surface area (Å²) in [6.45, 7) is 6.88. The number of unbranched alkanes of at least 4 members (excludes halogenated alkanes) is 6. The van der Waals surface area contributed by atoms with E-state index in [9.17, 15) is 0 Å². The monoisotopic (exact) mass is 560 g/mol. The van der Waals surface area contributed by atoms with Crippen molar-refractivity contribution in [3.8, 4) is 0 Å². The zero-order valence-corrected chi connectivity index (χ0v) is 26.2. The van der Waals surface area contributed by atoms with Crippen molar-refractivity contribution in [2.45, 2.75) is 103 Å². The molecule has 0 aliphatic heterocycles. The average molecular weight is 561 g/mol. The largest absolute Gasteiger partial charge is 0.399 e. The molecule has 0 saturated carbocycles. The maximum absolute atomic E-state index is 6.00. The van der Waals surface area contributed by atoms with Crippen LogP contribution < -0.4 is 11.5 Å². The third-order valence-corrected chi connectivity index (χ3v) is 9.05. The van der Waals surface area contributed by atoms with Crippen LogP contribution in [-0.2, 0) is 0 Å². The molecular weight excluding hydrogens is 508 g/mol. The predicted octanol–water partition coefficient (Wildman–Crippen LogP) is 11.2. The van der Waals surface area contributed by atoms with E-state index in [0.29, 0.717) is 17.8 Å². The number of nitrogen functional groups attached to an aromatic ring is 2. The van der Waals surface area contributed by atoms with Crippen molar-refractivity contribution in [1.29, 1.82) is 0 Å². The van der Waals surface area contributed by atoms with Crippen LogP contribution in [0.5, 0.6) is 0 Å². The van der Waals surface area contributed by atoms with Gasteiger partial charge in [-0.05, 0) is 70.5 Å². The Morgan fingerprint density at radius 3 is 1.00 bits per heavy atom. The molecule has 2 heteroatoms. The fourth-order valence-electron chi connectivity index (χ4n) is 6.29. The molecular formula is C40H52N2. The van der Waals surface area contributed by atoms with Crippen molar-refractivity contribution in [2.75, 3.05) is 11.5 Å². The maximum atomic E-state index is 6.00. The molecule has 0 bridgehead atoms. The smallest absolute Gasteiger partial charge is 0.0314 e. The summed E-state index contributed by atoms with van der Waals surface area (Å²) in [7, 11) is 0. The standard InChI is InChI=1S/C40H52N2/c1-4-6-8-10-12-39(35-22-26-37(41)27-23-35)33-18-14-31(15-19-33)30(3)32-16-20-34(21-17-32)40(13-11-9-7-5-2)36-24-28-38(42)29-25-36/h14-30,39-40H,4-13,41-42H2,1-3H3. The number of hydrogen-bond acceptors (Lipinski definition) is 2. The number of benzene rings is 4. The van der Waals surface area contributed by atoms with E-state index in [1.165, 1.54) is 97.6 Å². The second-order valence-electron chi connectivity index (χ2n) is 12.2. The SMILES string of the molecule is CCCCCCC(c1ccc(N)cc1)c1ccc(C(C)c2ccc(C(CCCCCC)c3ccc(N)cc3)cc2)cc1. The Labute approximate surface area is 255 Å². The minimum absolute atomic E-state index is 0.340. The molecule has 4 rings (SSSR count). The minimum atomic E-state index is 0.340. The molecule has 222 valence electrons. The van der Waals surface area contributed by atoms with Gasteiger partial charge in [-0.2, -0.15) is 0 Å². The van der Waals surface area contributed by atoms with E-state index in [1.807, 2.05) is 24.3 Å². The third kappa shape index (κ3) is 8.74. The molecule has 2 atom stereocenters. The van der Waals surface area contributed by atoms with Gasteiger partial charge in [-0.15, -0.1) is 0 Å². The minimum Gasteiger partial charge on any atom is -0.399 e. The molecule has 0 aliphatic rings. The highest BCUT2D eigenvalue weighted by Gasteiger charge is 2.17. The summed E-state index contributed by atoms with van der Waals surface area (Å²) in [5, 5.41) is 0. The van der Waals surface area contributed by atoms with Gasteiger partial charge in [0.25, 0.3) is 0 Å². The molecule has 0 amide bonds. The Kier molecular flexibility index (Phi) is 12.1. The maximum Gasteiger partial charge on any atom is 0.0314 e. The molecule has 4 N–H and O–H groups in total. The third-order valence-electron chi connectivity index (χ3n) is 9.05. The van der Waals surface area contributed by atoms with E-state index >= 15 is 0 Å². The Hall–Kier alpha value is -3.52. The lowest BCUT2D eigenvalue weighted by molar-refractivity contribution is 0.596. The van der Waals surface area contributed by atoms with Crippen molar-refractivity contribution in [2.24, 2.45) is 0 Å². The quantitative estimate of drug-likeness (QED) is 0.106. The van der Waals surface area contributed by atoms with Crippen LogP contribution >= 0.6 is 0 Å². The summed E-state index contributed by atoms with van der Waals surface area (Å²) >= 11 is 0. The zero-order chi connectivity index (χ0) is 29.7. The lowest BCUT2D eigenvalue weighted by Gasteiger charge is -2.21. The second-order valence-corrected chi connectivity index (χ2v) is 12.2. The summed E-state index contributed by atoms with van der Waals surface area (Å²) in [5.41, 5.74) is 21.9. The first-order chi connectivity index (χ1) is 20.5. The van der Waals surface area contributed by atoms with Crippen molar-refractivity contribution < 1.29 is 0 Å². The highest BCUT2D eigenvalue weighted by Crippen LogP contribution is 2.35. The van der Waals surface area contributed by atoms with Crippen LogP contribution in [0.15, 0.2) is 97.1 Å². The summed E-state index contributed by atoms with van der Waals surface area (Å²) < 4.78 is 0. The first kappa shape index (κ1) is 31.4. The lowest BCUT2D eigenvalue weighted by atomic mass is 9.83. The molecule has 2 nitrogen and oxygen atoms in total. The van der Waals surface area contributed by atoms with Crippen LogP contribution in [-0.4, -0.2) is 0 Å². The first-order valence-corrected chi connectivity index (χ1v) is 16.4. The van der Waals surface area contributed by atoms with Gasteiger partial charge in [0.15, 0.2) is 0 Å². The molecule has 42 heavy (non-hydrogen) atoms. The predicted molar refractivity (Wildman–Crippen MR) is 183 cm³/mol. The first-order valence-electron chi connectivity index (χ1n) is 16.4. The fourth-order valence-corrected chi connectivity index (χ4v) is 6.29. The molecule has 0 radical (unpaired) electrons. The van der Waals surface area contributed by atoms with E-state index in [4.69, 9.17) is 11.5 Å². The van der Waals surface area contributed by atoms with Gasteiger partial charge in [-0.25, -0.2) is 0 Å². The number of rotatable bonds is 16. The Morgan fingerprint density at radius 2 is 0.690 bits per heavy atom. The van der Waals surface area contributed by atoms with Gasteiger partial charge >= 0.3 is 0 Å². The van der Waals surface area contributed by atoms with Crippen LogP contribution in [0.3, 0.4) is 0 Å². The Morgan fingerprint density at radius 1 is 0.405 bits per heavy atom. The summed E-state index contributed by atoms with van der Waals surface area (Å²) in [4.78, 5) is 0. The molecule has 0 heterocycles. The fraction of sp³-hybridized carbons (Fsp3) is 0.400. The van der Waals surface area contributed by atoms with E-state index in [0.717, 1.165) is 11.4 Å². The molecule has 2 unspecified atom stereocenters. The van der Waals surface area contributed by atoms with Gasteiger partial charge in [-0.3, -0.25) is 0 Å². The van der Waals surface area contributed by atoms with Crippen LogP contribution in [0.4, 0.5) is 11.4 Å². The zero-order valence-electron chi connectivity index (χ0n) is 26.2. The van der Waals surface area contributed by atoms with Crippen molar-refractivity contribution >= 4 is 11.4 Å². The number of anilines is 2. The van der Waals surface area contributed by atoms with Crippen molar-refractivity contribution in [3.63, 3.8) is 0 Å². The molecule has 0 spiro atoms. The molecule has 4 aromatic rings. The van der Waals surface area contributed by atoms with Gasteiger partial charge < -0.3 is 11.5 Å². The number of hydrogen-bond donors (Lipinski definition) is 2. The highest BCUT2D eigenvalue weighted by atomic mass is 14.5. The lowest BCUT2D eigenvalue weighted by Crippen LogP contribution is -2.04.